The summed E-state index contributed by atoms with van der Waals surface area (Å²) >= 11 is 0. The minimum Gasteiger partial charge on any atom is -0.0917 e. The molecule has 2 rings (SSSR count). The van der Waals surface area contributed by atoms with Crippen molar-refractivity contribution in [3.8, 4) is 0 Å². The second-order valence-electron chi connectivity index (χ2n) is 9.32. The molecule has 0 amide bonds. The third-order valence-corrected chi connectivity index (χ3v) is 7.17. The monoisotopic (exact) mass is 358 g/mol. The molecule has 0 aliphatic heterocycles. The van der Waals surface area contributed by atoms with Crippen molar-refractivity contribution in [1.82, 2.24) is 0 Å². The van der Waals surface area contributed by atoms with Crippen LogP contribution in [0.2, 0.25) is 0 Å². The minimum atomic E-state index is 0.904. The van der Waals surface area contributed by atoms with E-state index >= 15 is 0 Å². The van der Waals surface area contributed by atoms with Gasteiger partial charge in [-0.05, 0) is 75.5 Å². The van der Waals surface area contributed by atoms with Crippen LogP contribution in [0.3, 0.4) is 0 Å². The van der Waals surface area contributed by atoms with E-state index in [1.165, 1.54) is 103 Å². The summed E-state index contributed by atoms with van der Waals surface area (Å²) in [7, 11) is 0. The first-order valence-corrected chi connectivity index (χ1v) is 12.1. The van der Waals surface area contributed by atoms with Gasteiger partial charge in [0.25, 0.3) is 0 Å². The van der Waals surface area contributed by atoms with Crippen molar-refractivity contribution in [3.05, 3.63) is 24.3 Å². The molecule has 0 radical (unpaired) electrons. The van der Waals surface area contributed by atoms with Crippen LogP contribution >= 0.6 is 0 Å². The minimum absolute atomic E-state index is 0.904. The molecule has 0 aromatic carbocycles. The Kier molecular flexibility index (Phi) is 11.4. The highest BCUT2D eigenvalue weighted by molar-refractivity contribution is 4.90. The molecule has 0 aromatic heterocycles. The summed E-state index contributed by atoms with van der Waals surface area (Å²) in [5.41, 5.74) is 0. The Balaban J connectivity index is 1.46. The van der Waals surface area contributed by atoms with E-state index in [4.69, 9.17) is 0 Å². The zero-order valence-electron chi connectivity index (χ0n) is 17.9. The summed E-state index contributed by atoms with van der Waals surface area (Å²) in [6.45, 7) is 4.42. The van der Waals surface area contributed by atoms with Crippen LogP contribution in [0.5, 0.6) is 0 Å². The van der Waals surface area contributed by atoms with Gasteiger partial charge in [0.2, 0.25) is 0 Å². The molecule has 2 aliphatic carbocycles. The third kappa shape index (κ3) is 8.92. The van der Waals surface area contributed by atoms with Gasteiger partial charge in [0.05, 0.1) is 0 Å². The highest BCUT2D eigenvalue weighted by Crippen LogP contribution is 2.36. The lowest BCUT2D eigenvalue weighted by atomic mass is 9.77. The summed E-state index contributed by atoms with van der Waals surface area (Å²) in [6.07, 6.45) is 32.9. The lowest BCUT2D eigenvalue weighted by molar-refractivity contribution is 0.243. The quantitative estimate of drug-likeness (QED) is 0.255. The molecule has 0 aromatic rings. The Morgan fingerprint density at radius 2 is 1.19 bits per heavy atom. The fourth-order valence-electron chi connectivity index (χ4n) is 5.30. The summed E-state index contributed by atoms with van der Waals surface area (Å²) in [5, 5.41) is 0. The Labute approximate surface area is 164 Å². The summed E-state index contributed by atoms with van der Waals surface area (Å²) in [4.78, 5) is 0. The topological polar surface area (TPSA) is 0 Å². The van der Waals surface area contributed by atoms with E-state index in [1.807, 2.05) is 0 Å². The maximum atomic E-state index is 2.52. The molecule has 0 spiro atoms. The molecule has 2 aliphatic rings. The molecule has 0 unspecified atom stereocenters. The van der Waals surface area contributed by atoms with Gasteiger partial charge < -0.3 is 0 Å². The Hall–Kier alpha value is -0.520. The smallest absolute Gasteiger partial charge is 0.0233 e. The van der Waals surface area contributed by atoms with Gasteiger partial charge >= 0.3 is 0 Å². The van der Waals surface area contributed by atoms with E-state index in [0.717, 1.165) is 23.7 Å². The van der Waals surface area contributed by atoms with Crippen molar-refractivity contribution in [1.29, 1.82) is 0 Å². The predicted molar refractivity (Wildman–Crippen MR) is 117 cm³/mol. The highest BCUT2D eigenvalue weighted by atomic mass is 14.3. The van der Waals surface area contributed by atoms with Crippen molar-refractivity contribution < 1.29 is 0 Å². The first-order valence-electron chi connectivity index (χ1n) is 12.1. The summed E-state index contributed by atoms with van der Waals surface area (Å²) in [5.74, 6) is 4.05. The van der Waals surface area contributed by atoms with Crippen LogP contribution in [0.1, 0.15) is 117 Å². The molecular formula is C26H46. The van der Waals surface area contributed by atoms with Crippen LogP contribution in [-0.4, -0.2) is 0 Å². The van der Waals surface area contributed by atoms with Gasteiger partial charge in [0, 0.05) is 0 Å². The first kappa shape index (κ1) is 21.8. The Bertz CT molecular complexity index is 375. The summed E-state index contributed by atoms with van der Waals surface area (Å²) < 4.78 is 0. The fourth-order valence-corrected chi connectivity index (χ4v) is 5.30. The number of unbranched alkanes of at least 4 members (excludes halogenated alkanes) is 2. The lowest BCUT2D eigenvalue weighted by Crippen LogP contribution is -2.15. The molecular weight excluding hydrogens is 312 g/mol. The van der Waals surface area contributed by atoms with E-state index < -0.39 is 0 Å². The average molecular weight is 359 g/mol. The fraction of sp³-hybridized carbons (Fsp3) is 0.846. The standard InChI is InChI=1S/C26H46/c1-3-5-7-11-23-15-19-25(20-16-23)13-9-10-14-26-21-17-24(18-22-26)12-8-6-4-2/h3,5,8,12,23-26H,4,6-7,9-11,13-22H2,1-2H3/b5-3+,12-8+/t23-,24?,25-,26?. The Morgan fingerprint density at radius 3 is 1.73 bits per heavy atom. The van der Waals surface area contributed by atoms with Gasteiger partial charge in [-0.15, -0.1) is 0 Å². The largest absolute Gasteiger partial charge is 0.0917 e. The van der Waals surface area contributed by atoms with Gasteiger partial charge in [0.15, 0.2) is 0 Å². The predicted octanol–water partition coefficient (Wildman–Crippen LogP) is 8.87. The van der Waals surface area contributed by atoms with Gasteiger partial charge in [-0.3, -0.25) is 0 Å². The van der Waals surface area contributed by atoms with Crippen LogP contribution < -0.4 is 0 Å². The van der Waals surface area contributed by atoms with Crippen molar-refractivity contribution in [2.24, 2.45) is 23.7 Å². The molecule has 0 N–H and O–H groups in total. The zero-order chi connectivity index (χ0) is 18.5. The van der Waals surface area contributed by atoms with E-state index in [-0.39, 0.29) is 0 Å². The number of allylic oxidation sites excluding steroid dienone is 4. The molecule has 0 heteroatoms. The molecule has 150 valence electrons. The lowest BCUT2D eigenvalue weighted by Gasteiger charge is -2.29. The van der Waals surface area contributed by atoms with Gasteiger partial charge in [-0.1, -0.05) is 89.0 Å². The molecule has 0 saturated heterocycles. The van der Waals surface area contributed by atoms with Gasteiger partial charge in [0.1, 0.15) is 0 Å². The van der Waals surface area contributed by atoms with E-state index in [2.05, 4.69) is 38.2 Å². The van der Waals surface area contributed by atoms with Crippen molar-refractivity contribution >= 4 is 0 Å². The molecule has 2 saturated carbocycles. The number of rotatable bonds is 11. The summed E-state index contributed by atoms with van der Waals surface area (Å²) in [6, 6.07) is 0. The van der Waals surface area contributed by atoms with Crippen molar-refractivity contribution in [2.45, 2.75) is 117 Å². The second kappa shape index (κ2) is 13.6. The van der Waals surface area contributed by atoms with E-state index in [0.29, 0.717) is 0 Å². The second-order valence-corrected chi connectivity index (χ2v) is 9.32. The molecule has 26 heavy (non-hydrogen) atoms. The average Bonchev–Trinajstić information content (AvgIpc) is 2.68. The van der Waals surface area contributed by atoms with Crippen molar-refractivity contribution in [2.75, 3.05) is 0 Å². The zero-order valence-corrected chi connectivity index (χ0v) is 17.9. The highest BCUT2D eigenvalue weighted by Gasteiger charge is 2.21. The number of hydrogen-bond donors (Lipinski definition) is 0. The first-order chi connectivity index (χ1) is 12.8. The van der Waals surface area contributed by atoms with E-state index in [1.54, 1.807) is 0 Å². The molecule has 0 bridgehead atoms. The maximum absolute atomic E-state index is 2.52. The van der Waals surface area contributed by atoms with Gasteiger partial charge in [-0.2, -0.15) is 0 Å². The van der Waals surface area contributed by atoms with Crippen LogP contribution in [0.15, 0.2) is 24.3 Å². The molecule has 2 fully saturated rings. The SMILES string of the molecule is C/C=C/CC[C@H]1CC[C@H](CCCCC2CCC(/C=C/CCC)CC2)CC1. The van der Waals surface area contributed by atoms with Crippen LogP contribution in [0.25, 0.3) is 0 Å². The van der Waals surface area contributed by atoms with Gasteiger partial charge in [-0.25, -0.2) is 0 Å². The van der Waals surface area contributed by atoms with Crippen LogP contribution in [0.4, 0.5) is 0 Å². The van der Waals surface area contributed by atoms with E-state index in [9.17, 15) is 0 Å². The van der Waals surface area contributed by atoms with Crippen LogP contribution in [-0.2, 0) is 0 Å². The third-order valence-electron chi connectivity index (χ3n) is 7.17. The number of hydrogen-bond acceptors (Lipinski definition) is 0. The normalized spacial score (nSPS) is 30.4. The van der Waals surface area contributed by atoms with Crippen LogP contribution in [0, 0.1) is 23.7 Å². The van der Waals surface area contributed by atoms with Crippen molar-refractivity contribution in [3.63, 3.8) is 0 Å². The Morgan fingerprint density at radius 1 is 0.654 bits per heavy atom. The maximum Gasteiger partial charge on any atom is -0.0233 e. The molecule has 0 nitrogen and oxygen atoms in total. The molecule has 0 heterocycles. The molecule has 0 atom stereocenters.